The van der Waals surface area contributed by atoms with Crippen LogP contribution in [0, 0.1) is 0 Å². The third-order valence-electron chi connectivity index (χ3n) is 2.81. The molecule has 144 valence electrons. The molecule has 10 N–H and O–H groups in total. The first-order valence-electron chi connectivity index (χ1n) is 6.65. The van der Waals surface area contributed by atoms with Crippen LogP contribution in [0.15, 0.2) is 0 Å². The number of ketones is 1. The van der Waals surface area contributed by atoms with E-state index in [-0.39, 0.29) is 6.29 Å². The van der Waals surface area contributed by atoms with E-state index in [0.717, 1.165) is 0 Å². The fourth-order valence-electron chi connectivity index (χ4n) is 1.22. The number of hydrogen-bond acceptors (Lipinski definition) is 12. The fraction of sp³-hybridized carbons (Fsp3) is 0.833. The minimum Gasteiger partial charge on any atom is -0.394 e. The first-order chi connectivity index (χ1) is 11.1. The van der Waals surface area contributed by atoms with E-state index in [1.807, 2.05) is 0 Å². The zero-order valence-electron chi connectivity index (χ0n) is 12.5. The van der Waals surface area contributed by atoms with E-state index >= 15 is 0 Å². The van der Waals surface area contributed by atoms with Gasteiger partial charge < -0.3 is 55.9 Å². The van der Waals surface area contributed by atoms with Crippen LogP contribution in [0.3, 0.4) is 0 Å². The third kappa shape index (κ3) is 8.70. The molecule has 0 fully saturated rings. The van der Waals surface area contributed by atoms with Crippen LogP contribution >= 0.6 is 0 Å². The summed E-state index contributed by atoms with van der Waals surface area (Å²) in [6.45, 7) is -2.45. The van der Waals surface area contributed by atoms with Crippen LogP contribution in [0.1, 0.15) is 0 Å². The number of aldehydes is 1. The number of aliphatic hydroxyl groups excluding tert-OH is 10. The van der Waals surface area contributed by atoms with E-state index in [9.17, 15) is 9.59 Å². The van der Waals surface area contributed by atoms with E-state index in [2.05, 4.69) is 0 Å². The predicted octanol–water partition coefficient (Wildman–Crippen LogP) is -6.76. The Labute approximate surface area is 136 Å². The Kier molecular flexibility index (Phi) is 13.9. The lowest BCUT2D eigenvalue weighted by Crippen LogP contribution is -2.46. The summed E-state index contributed by atoms with van der Waals surface area (Å²) in [7, 11) is 0. The van der Waals surface area contributed by atoms with Crippen molar-refractivity contribution in [1.29, 1.82) is 0 Å². The summed E-state index contributed by atoms with van der Waals surface area (Å²) < 4.78 is 0. The first-order valence-corrected chi connectivity index (χ1v) is 6.65. The lowest BCUT2D eigenvalue weighted by molar-refractivity contribution is -0.142. The molecule has 12 nitrogen and oxygen atoms in total. The highest BCUT2D eigenvalue weighted by atomic mass is 16.4. The van der Waals surface area contributed by atoms with Gasteiger partial charge in [-0.1, -0.05) is 0 Å². The Morgan fingerprint density at radius 2 is 1.17 bits per heavy atom. The van der Waals surface area contributed by atoms with E-state index in [1.54, 1.807) is 0 Å². The van der Waals surface area contributed by atoms with Gasteiger partial charge in [0.1, 0.15) is 49.3 Å². The second kappa shape index (κ2) is 13.3. The van der Waals surface area contributed by atoms with E-state index in [1.165, 1.54) is 0 Å². The molecule has 0 aromatic heterocycles. The number of hydrogen-bond donors (Lipinski definition) is 10. The monoisotopic (exact) mass is 360 g/mol. The average Bonchev–Trinajstić information content (AvgIpc) is 2.62. The lowest BCUT2D eigenvalue weighted by atomic mass is 10.0. The molecule has 24 heavy (non-hydrogen) atoms. The summed E-state index contributed by atoms with van der Waals surface area (Å²) in [4.78, 5) is 20.4. The van der Waals surface area contributed by atoms with E-state index in [4.69, 9.17) is 51.1 Å². The molecule has 0 saturated heterocycles. The van der Waals surface area contributed by atoms with Crippen LogP contribution in [0.4, 0.5) is 0 Å². The van der Waals surface area contributed by atoms with Gasteiger partial charge in [0.05, 0.1) is 13.2 Å². The van der Waals surface area contributed by atoms with Crippen molar-refractivity contribution in [2.45, 2.75) is 42.7 Å². The van der Waals surface area contributed by atoms with E-state index in [0.29, 0.717) is 0 Å². The van der Waals surface area contributed by atoms with Crippen molar-refractivity contribution in [1.82, 2.24) is 0 Å². The standard InChI is InChI=1S/2C6H12O6/c2*7-1-3(9)5(11)6(12)4(10)2-8/h3,5-9,11-12H,1-2H2;1,3-6,8-12H,2H2/t3-,5+,6-;3-,4-,5-,6+/m11/s1. The lowest BCUT2D eigenvalue weighted by Gasteiger charge is -2.22. The van der Waals surface area contributed by atoms with Gasteiger partial charge in [0, 0.05) is 0 Å². The summed E-state index contributed by atoms with van der Waals surface area (Å²) in [5.74, 6) is -1.00. The Hall–Kier alpha value is -1.06. The summed E-state index contributed by atoms with van der Waals surface area (Å²) in [5.41, 5.74) is 0. The zero-order valence-corrected chi connectivity index (χ0v) is 12.5. The normalized spacial score (nSPS) is 19.8. The Balaban J connectivity index is 0. The molecule has 0 unspecified atom stereocenters. The molecule has 0 aromatic rings. The third-order valence-corrected chi connectivity index (χ3v) is 2.81. The van der Waals surface area contributed by atoms with Crippen molar-refractivity contribution < 1.29 is 60.7 Å². The van der Waals surface area contributed by atoms with Crippen molar-refractivity contribution >= 4 is 12.1 Å². The molecular weight excluding hydrogens is 336 g/mol. The van der Waals surface area contributed by atoms with Crippen molar-refractivity contribution in [3.8, 4) is 0 Å². The van der Waals surface area contributed by atoms with Gasteiger partial charge in [0.25, 0.3) is 0 Å². The van der Waals surface area contributed by atoms with Crippen LogP contribution in [0.25, 0.3) is 0 Å². The molecule has 7 atom stereocenters. The maximum atomic E-state index is 10.5. The molecule has 0 aromatic carbocycles. The highest BCUT2D eigenvalue weighted by Crippen LogP contribution is 2.03. The van der Waals surface area contributed by atoms with Crippen molar-refractivity contribution in [3.05, 3.63) is 0 Å². The molecule has 0 bridgehead atoms. The summed E-state index contributed by atoms with van der Waals surface area (Å²) in [6, 6.07) is 0. The minimum atomic E-state index is -1.86. The first kappa shape index (κ1) is 25.2. The number of Topliss-reactive ketones (excluding diaryl/α,β-unsaturated/α-hetero) is 1. The summed E-state index contributed by atoms with van der Waals surface area (Å²) in [6.07, 6.45) is -12.1. The smallest absolute Gasteiger partial charge is 0.189 e. The zero-order chi connectivity index (χ0) is 19.4. The SMILES string of the molecule is O=C(CO)[C@@H](O)[C@@H](O)[C@H](O)CO.O=C[C@@H](O)[C@@H](O)[C@@H](O)[C@H](O)CO. The topological polar surface area (TPSA) is 236 Å². The minimum absolute atomic E-state index is 0.0258. The molecule has 0 rings (SSSR count). The second-order valence-electron chi connectivity index (χ2n) is 4.67. The van der Waals surface area contributed by atoms with Crippen molar-refractivity contribution in [3.63, 3.8) is 0 Å². The summed E-state index contributed by atoms with van der Waals surface area (Å²) >= 11 is 0. The number of rotatable bonds is 10. The van der Waals surface area contributed by atoms with Gasteiger partial charge in [-0.05, 0) is 0 Å². The second-order valence-corrected chi connectivity index (χ2v) is 4.67. The van der Waals surface area contributed by atoms with Crippen LogP contribution in [-0.2, 0) is 9.59 Å². The van der Waals surface area contributed by atoms with Crippen molar-refractivity contribution in [2.24, 2.45) is 0 Å². The van der Waals surface area contributed by atoms with Crippen molar-refractivity contribution in [2.75, 3.05) is 19.8 Å². The Bertz CT molecular complexity index is 351. The number of carbonyl (C=O) groups is 2. The summed E-state index contributed by atoms with van der Waals surface area (Å²) in [5, 5.41) is 86.6. The maximum absolute atomic E-state index is 10.5. The molecule has 0 aliphatic carbocycles. The van der Waals surface area contributed by atoms with Gasteiger partial charge in [-0.25, -0.2) is 0 Å². The predicted molar refractivity (Wildman–Crippen MR) is 74.4 cm³/mol. The molecule has 0 heterocycles. The van der Waals surface area contributed by atoms with Gasteiger partial charge in [0.2, 0.25) is 0 Å². The van der Waals surface area contributed by atoms with Gasteiger partial charge in [-0.2, -0.15) is 0 Å². The highest BCUT2D eigenvalue weighted by Gasteiger charge is 2.30. The molecule has 0 aliphatic heterocycles. The van der Waals surface area contributed by atoms with Crippen LogP contribution in [0.5, 0.6) is 0 Å². The van der Waals surface area contributed by atoms with Gasteiger partial charge in [-0.3, -0.25) is 4.79 Å². The molecule has 0 aliphatic rings. The number of aliphatic hydroxyl groups is 10. The van der Waals surface area contributed by atoms with Crippen LogP contribution in [-0.4, -0.2) is 126 Å². The number of carbonyl (C=O) groups excluding carboxylic acids is 2. The van der Waals surface area contributed by atoms with E-state index < -0.39 is 68.3 Å². The fourth-order valence-corrected chi connectivity index (χ4v) is 1.22. The molecule has 0 spiro atoms. The molecule has 0 saturated carbocycles. The highest BCUT2D eigenvalue weighted by molar-refractivity contribution is 5.84. The molecule has 12 heteroatoms. The Morgan fingerprint density at radius 3 is 1.50 bits per heavy atom. The Morgan fingerprint density at radius 1 is 0.750 bits per heavy atom. The van der Waals surface area contributed by atoms with Crippen LogP contribution < -0.4 is 0 Å². The molecular formula is C12H24O12. The quantitative estimate of drug-likeness (QED) is 0.164. The van der Waals surface area contributed by atoms with Crippen LogP contribution in [0.2, 0.25) is 0 Å². The maximum Gasteiger partial charge on any atom is 0.189 e. The van der Waals surface area contributed by atoms with Gasteiger partial charge in [-0.15, -0.1) is 0 Å². The van der Waals surface area contributed by atoms with Gasteiger partial charge >= 0.3 is 0 Å². The average molecular weight is 360 g/mol. The largest absolute Gasteiger partial charge is 0.394 e. The van der Waals surface area contributed by atoms with Gasteiger partial charge in [0.15, 0.2) is 12.1 Å². The molecule has 0 radical (unpaired) electrons. The molecule has 0 amide bonds.